The van der Waals surface area contributed by atoms with Crippen LogP contribution in [0.15, 0.2) is 24.3 Å². The smallest absolute Gasteiger partial charge is 0.321 e. The SMILES string of the molecule is Cc1cccc(N(C)C(=O)NC2CCC2)c1. The fourth-order valence-corrected chi connectivity index (χ4v) is 1.78. The van der Waals surface area contributed by atoms with Crippen LogP contribution in [0.1, 0.15) is 24.8 Å². The molecule has 0 unspecified atom stereocenters. The van der Waals surface area contributed by atoms with Gasteiger partial charge in [0.15, 0.2) is 0 Å². The molecule has 1 aliphatic carbocycles. The summed E-state index contributed by atoms with van der Waals surface area (Å²) in [5, 5.41) is 3.02. The maximum atomic E-state index is 11.9. The van der Waals surface area contributed by atoms with E-state index in [1.165, 1.54) is 12.0 Å². The largest absolute Gasteiger partial charge is 0.335 e. The van der Waals surface area contributed by atoms with E-state index in [0.29, 0.717) is 6.04 Å². The molecule has 0 aromatic heterocycles. The van der Waals surface area contributed by atoms with E-state index in [1.807, 2.05) is 38.2 Å². The Labute approximate surface area is 96.5 Å². The van der Waals surface area contributed by atoms with Gasteiger partial charge in [0.25, 0.3) is 0 Å². The molecule has 16 heavy (non-hydrogen) atoms. The number of hydrogen-bond acceptors (Lipinski definition) is 1. The van der Waals surface area contributed by atoms with Crippen LogP contribution in [0.5, 0.6) is 0 Å². The number of carbonyl (C=O) groups excluding carboxylic acids is 1. The summed E-state index contributed by atoms with van der Waals surface area (Å²) in [6.45, 7) is 2.03. The highest BCUT2D eigenvalue weighted by atomic mass is 16.2. The van der Waals surface area contributed by atoms with E-state index < -0.39 is 0 Å². The van der Waals surface area contributed by atoms with Gasteiger partial charge in [-0.15, -0.1) is 0 Å². The quantitative estimate of drug-likeness (QED) is 0.813. The number of nitrogens with zero attached hydrogens (tertiary/aromatic N) is 1. The summed E-state index contributed by atoms with van der Waals surface area (Å²) < 4.78 is 0. The Balaban J connectivity index is 2.00. The van der Waals surface area contributed by atoms with Crippen LogP contribution in [0.25, 0.3) is 0 Å². The molecule has 0 spiro atoms. The lowest BCUT2D eigenvalue weighted by Crippen LogP contribution is -2.46. The van der Waals surface area contributed by atoms with Gasteiger partial charge < -0.3 is 5.32 Å². The van der Waals surface area contributed by atoms with Gasteiger partial charge in [0.05, 0.1) is 0 Å². The number of amides is 2. The summed E-state index contributed by atoms with van der Waals surface area (Å²) >= 11 is 0. The third-order valence-corrected chi connectivity index (χ3v) is 3.13. The lowest BCUT2D eigenvalue weighted by molar-refractivity contribution is 0.235. The van der Waals surface area contributed by atoms with E-state index in [4.69, 9.17) is 0 Å². The molecule has 2 rings (SSSR count). The first-order chi connectivity index (χ1) is 7.66. The van der Waals surface area contributed by atoms with Gasteiger partial charge in [-0.25, -0.2) is 4.79 Å². The average Bonchev–Trinajstić information content (AvgIpc) is 2.22. The lowest BCUT2D eigenvalue weighted by Gasteiger charge is -2.29. The lowest BCUT2D eigenvalue weighted by atomic mass is 9.93. The summed E-state index contributed by atoms with van der Waals surface area (Å²) in [5.41, 5.74) is 2.11. The van der Waals surface area contributed by atoms with Gasteiger partial charge in [-0.1, -0.05) is 12.1 Å². The Hall–Kier alpha value is -1.51. The van der Waals surface area contributed by atoms with Crippen molar-refractivity contribution in [2.45, 2.75) is 32.2 Å². The summed E-state index contributed by atoms with van der Waals surface area (Å²) in [6.07, 6.45) is 3.47. The van der Waals surface area contributed by atoms with Crippen LogP contribution in [-0.2, 0) is 0 Å². The third kappa shape index (κ3) is 2.35. The number of nitrogens with one attached hydrogen (secondary N) is 1. The van der Waals surface area contributed by atoms with E-state index in [-0.39, 0.29) is 6.03 Å². The molecule has 1 fully saturated rings. The van der Waals surface area contributed by atoms with Gasteiger partial charge in [-0.2, -0.15) is 0 Å². The molecule has 0 heterocycles. The second-order valence-corrected chi connectivity index (χ2v) is 4.48. The number of urea groups is 1. The highest BCUT2D eigenvalue weighted by molar-refractivity contribution is 5.91. The molecule has 0 atom stereocenters. The fourth-order valence-electron chi connectivity index (χ4n) is 1.78. The van der Waals surface area contributed by atoms with Gasteiger partial charge in [-0.05, 0) is 43.9 Å². The molecule has 0 radical (unpaired) electrons. The molecular formula is C13H18N2O. The second-order valence-electron chi connectivity index (χ2n) is 4.48. The van der Waals surface area contributed by atoms with E-state index in [1.54, 1.807) is 4.90 Å². The number of benzene rings is 1. The number of aryl methyl sites for hydroxylation is 1. The summed E-state index contributed by atoms with van der Waals surface area (Å²) in [4.78, 5) is 13.5. The van der Waals surface area contributed by atoms with Crippen LogP contribution in [-0.4, -0.2) is 19.1 Å². The van der Waals surface area contributed by atoms with Crippen molar-refractivity contribution in [3.8, 4) is 0 Å². The first kappa shape index (κ1) is 11.0. The molecule has 3 heteroatoms. The summed E-state index contributed by atoms with van der Waals surface area (Å²) in [6, 6.07) is 8.35. The van der Waals surface area contributed by atoms with Crippen molar-refractivity contribution in [2.24, 2.45) is 0 Å². The van der Waals surface area contributed by atoms with E-state index >= 15 is 0 Å². The monoisotopic (exact) mass is 218 g/mol. The Kier molecular flexibility index (Phi) is 3.13. The molecule has 0 bridgehead atoms. The molecule has 3 nitrogen and oxygen atoms in total. The van der Waals surface area contributed by atoms with Crippen LogP contribution < -0.4 is 10.2 Å². The minimum Gasteiger partial charge on any atom is -0.335 e. The van der Waals surface area contributed by atoms with Crippen molar-refractivity contribution in [1.82, 2.24) is 5.32 Å². The Morgan fingerprint density at radius 1 is 1.44 bits per heavy atom. The number of anilines is 1. The van der Waals surface area contributed by atoms with Gasteiger partial charge in [0.2, 0.25) is 0 Å². The van der Waals surface area contributed by atoms with Gasteiger partial charge >= 0.3 is 6.03 Å². The predicted molar refractivity (Wildman–Crippen MR) is 65.8 cm³/mol. The van der Waals surface area contributed by atoms with Gasteiger partial charge in [0.1, 0.15) is 0 Å². The molecule has 1 saturated carbocycles. The third-order valence-electron chi connectivity index (χ3n) is 3.13. The normalized spacial score (nSPS) is 15.4. The first-order valence-electron chi connectivity index (χ1n) is 5.78. The average molecular weight is 218 g/mol. The fraction of sp³-hybridized carbons (Fsp3) is 0.462. The predicted octanol–water partition coefficient (Wildman–Crippen LogP) is 2.69. The van der Waals surface area contributed by atoms with Crippen molar-refractivity contribution in [3.05, 3.63) is 29.8 Å². The van der Waals surface area contributed by atoms with Crippen LogP contribution >= 0.6 is 0 Å². The van der Waals surface area contributed by atoms with Crippen molar-refractivity contribution in [1.29, 1.82) is 0 Å². The van der Waals surface area contributed by atoms with Crippen molar-refractivity contribution < 1.29 is 4.79 Å². The van der Waals surface area contributed by atoms with Crippen LogP contribution in [0.2, 0.25) is 0 Å². The molecule has 2 amide bonds. The molecule has 1 aliphatic rings. The second kappa shape index (κ2) is 4.56. The van der Waals surface area contributed by atoms with Gasteiger partial charge in [-0.3, -0.25) is 4.90 Å². The van der Waals surface area contributed by atoms with E-state index in [9.17, 15) is 4.79 Å². The summed E-state index contributed by atoms with van der Waals surface area (Å²) in [5.74, 6) is 0. The van der Waals surface area contributed by atoms with Crippen LogP contribution in [0, 0.1) is 6.92 Å². The number of hydrogen-bond donors (Lipinski definition) is 1. The van der Waals surface area contributed by atoms with Gasteiger partial charge in [0, 0.05) is 18.8 Å². The highest BCUT2D eigenvalue weighted by Crippen LogP contribution is 2.19. The zero-order valence-corrected chi connectivity index (χ0v) is 9.86. The molecule has 1 N–H and O–H groups in total. The van der Waals surface area contributed by atoms with Crippen LogP contribution in [0.3, 0.4) is 0 Å². The number of carbonyl (C=O) groups is 1. The Morgan fingerprint density at radius 2 is 2.19 bits per heavy atom. The first-order valence-corrected chi connectivity index (χ1v) is 5.78. The van der Waals surface area contributed by atoms with Crippen molar-refractivity contribution in [3.63, 3.8) is 0 Å². The standard InChI is InChI=1S/C13H18N2O/c1-10-5-3-8-12(9-10)15(2)13(16)14-11-6-4-7-11/h3,5,8-9,11H,4,6-7H2,1-2H3,(H,14,16). The molecule has 1 aromatic carbocycles. The topological polar surface area (TPSA) is 32.3 Å². The maximum absolute atomic E-state index is 11.9. The Morgan fingerprint density at radius 3 is 2.75 bits per heavy atom. The van der Waals surface area contributed by atoms with Crippen molar-refractivity contribution >= 4 is 11.7 Å². The molecule has 0 aliphatic heterocycles. The number of rotatable bonds is 2. The Bertz CT molecular complexity index is 385. The molecule has 86 valence electrons. The van der Waals surface area contributed by atoms with Crippen LogP contribution in [0.4, 0.5) is 10.5 Å². The molecule has 0 saturated heterocycles. The molecular weight excluding hydrogens is 200 g/mol. The summed E-state index contributed by atoms with van der Waals surface area (Å²) in [7, 11) is 1.81. The maximum Gasteiger partial charge on any atom is 0.321 e. The highest BCUT2D eigenvalue weighted by Gasteiger charge is 2.21. The molecule has 1 aromatic rings. The zero-order chi connectivity index (χ0) is 11.5. The van der Waals surface area contributed by atoms with Crippen molar-refractivity contribution in [2.75, 3.05) is 11.9 Å². The minimum absolute atomic E-state index is 0.00435. The minimum atomic E-state index is -0.00435. The zero-order valence-electron chi connectivity index (χ0n) is 9.86. The van der Waals surface area contributed by atoms with E-state index in [2.05, 4.69) is 5.32 Å². The van der Waals surface area contributed by atoms with E-state index in [0.717, 1.165) is 18.5 Å².